The maximum absolute atomic E-state index is 12.9. The van der Waals surface area contributed by atoms with Crippen LogP contribution in [0.4, 0.5) is 18.9 Å². The lowest BCUT2D eigenvalue weighted by molar-refractivity contribution is -0.137. The molecule has 140 valence electrons. The third-order valence-electron chi connectivity index (χ3n) is 4.26. The lowest BCUT2D eigenvalue weighted by Crippen LogP contribution is -2.48. The molecule has 0 aliphatic carbocycles. The van der Waals surface area contributed by atoms with Gasteiger partial charge in [-0.05, 0) is 30.3 Å². The van der Waals surface area contributed by atoms with Gasteiger partial charge in [0.15, 0.2) is 5.76 Å². The first-order valence-corrected chi connectivity index (χ1v) is 8.17. The number of amides is 1. The van der Waals surface area contributed by atoms with Gasteiger partial charge in [-0.3, -0.25) is 4.79 Å². The minimum absolute atomic E-state index is 0.226. The lowest BCUT2D eigenvalue weighted by Gasteiger charge is -2.36. The van der Waals surface area contributed by atoms with Crippen molar-refractivity contribution in [1.29, 1.82) is 0 Å². The number of piperazine rings is 1. The Morgan fingerprint density at radius 2 is 1.88 bits per heavy atom. The number of rotatable bonds is 4. The minimum atomic E-state index is -4.37. The van der Waals surface area contributed by atoms with Crippen LogP contribution in [0, 0.1) is 0 Å². The van der Waals surface area contributed by atoms with Crippen LogP contribution in [-0.4, -0.2) is 44.1 Å². The summed E-state index contributed by atoms with van der Waals surface area (Å²) in [7, 11) is 1.54. The summed E-state index contributed by atoms with van der Waals surface area (Å²) in [5.74, 6) is 0.582. The number of furan rings is 1. The lowest BCUT2D eigenvalue weighted by atomic mass is 10.1. The van der Waals surface area contributed by atoms with Crippen LogP contribution >= 0.6 is 0 Å². The van der Waals surface area contributed by atoms with E-state index < -0.39 is 11.7 Å². The molecule has 26 heavy (non-hydrogen) atoms. The third kappa shape index (κ3) is 4.01. The molecular weight excluding hydrogens is 349 g/mol. The van der Waals surface area contributed by atoms with E-state index in [4.69, 9.17) is 9.15 Å². The number of methoxy groups -OCH3 is 1. The highest BCUT2D eigenvalue weighted by Gasteiger charge is 2.31. The standard InChI is InChI=1S/C18H19F3N2O3/c1-25-12-15-5-6-16(26-15)17(24)23-9-7-22(8-10-23)14-4-2-3-13(11-14)18(19,20)21/h2-6,11H,7-10,12H2,1H3. The zero-order chi connectivity index (χ0) is 18.7. The van der Waals surface area contributed by atoms with Crippen LogP contribution < -0.4 is 4.90 Å². The number of hydrogen-bond donors (Lipinski definition) is 0. The van der Waals surface area contributed by atoms with Crippen molar-refractivity contribution in [2.75, 3.05) is 38.2 Å². The van der Waals surface area contributed by atoms with E-state index in [0.29, 0.717) is 37.6 Å². The summed E-state index contributed by atoms with van der Waals surface area (Å²) in [4.78, 5) is 16.0. The third-order valence-corrected chi connectivity index (χ3v) is 4.26. The molecule has 1 fully saturated rings. The second-order valence-corrected chi connectivity index (χ2v) is 6.03. The first-order chi connectivity index (χ1) is 12.4. The molecule has 0 radical (unpaired) electrons. The number of ether oxygens (including phenoxy) is 1. The van der Waals surface area contributed by atoms with E-state index in [1.54, 1.807) is 23.1 Å². The van der Waals surface area contributed by atoms with Crippen LogP contribution in [0.1, 0.15) is 21.9 Å². The van der Waals surface area contributed by atoms with Gasteiger partial charge in [-0.15, -0.1) is 0 Å². The minimum Gasteiger partial charge on any atom is -0.453 e. The molecule has 0 spiro atoms. The largest absolute Gasteiger partial charge is 0.453 e. The summed E-state index contributed by atoms with van der Waals surface area (Å²) in [5, 5.41) is 0. The number of halogens is 3. The fourth-order valence-corrected chi connectivity index (χ4v) is 2.92. The van der Waals surface area contributed by atoms with Crippen molar-refractivity contribution >= 4 is 11.6 Å². The Labute approximate surface area is 148 Å². The van der Waals surface area contributed by atoms with E-state index in [1.807, 2.05) is 4.90 Å². The highest BCUT2D eigenvalue weighted by Crippen LogP contribution is 2.32. The van der Waals surface area contributed by atoms with Crippen LogP contribution in [0.3, 0.4) is 0 Å². The average molecular weight is 368 g/mol. The van der Waals surface area contributed by atoms with Gasteiger partial charge in [-0.2, -0.15) is 13.2 Å². The van der Waals surface area contributed by atoms with Crippen LogP contribution in [-0.2, 0) is 17.5 Å². The molecule has 1 aromatic carbocycles. The maximum atomic E-state index is 12.9. The van der Waals surface area contributed by atoms with Crippen LogP contribution in [0.25, 0.3) is 0 Å². The number of nitrogens with zero attached hydrogens (tertiary/aromatic N) is 2. The molecule has 2 aromatic rings. The summed E-state index contributed by atoms with van der Waals surface area (Å²) in [5.41, 5.74) is -0.165. The molecule has 1 aromatic heterocycles. The highest BCUT2D eigenvalue weighted by atomic mass is 19.4. The molecule has 1 aliphatic rings. The summed E-state index contributed by atoms with van der Waals surface area (Å²) in [6, 6.07) is 8.54. The van der Waals surface area contributed by atoms with Gasteiger partial charge in [0.2, 0.25) is 0 Å². The van der Waals surface area contributed by atoms with E-state index >= 15 is 0 Å². The number of alkyl halides is 3. The molecule has 5 nitrogen and oxygen atoms in total. The van der Waals surface area contributed by atoms with Crippen LogP contribution in [0.5, 0.6) is 0 Å². The number of hydrogen-bond acceptors (Lipinski definition) is 4. The van der Waals surface area contributed by atoms with E-state index in [1.165, 1.54) is 13.2 Å². The van der Waals surface area contributed by atoms with Gasteiger partial charge >= 0.3 is 6.18 Å². The Morgan fingerprint density at radius 3 is 2.54 bits per heavy atom. The van der Waals surface area contributed by atoms with E-state index in [0.717, 1.165) is 12.1 Å². The van der Waals surface area contributed by atoms with Crippen LogP contribution in [0.2, 0.25) is 0 Å². The first-order valence-electron chi connectivity index (χ1n) is 8.17. The summed E-state index contributed by atoms with van der Waals surface area (Å²) >= 11 is 0. The van der Waals surface area contributed by atoms with Crippen molar-refractivity contribution in [2.45, 2.75) is 12.8 Å². The Kier molecular flexibility index (Phi) is 5.22. The predicted octanol–water partition coefficient (Wildman–Crippen LogP) is 3.41. The van der Waals surface area contributed by atoms with E-state index in [-0.39, 0.29) is 18.3 Å². The van der Waals surface area contributed by atoms with Crippen molar-refractivity contribution in [2.24, 2.45) is 0 Å². The van der Waals surface area contributed by atoms with Crippen molar-refractivity contribution in [1.82, 2.24) is 4.90 Å². The number of carbonyl (C=O) groups is 1. The van der Waals surface area contributed by atoms with Crippen molar-refractivity contribution in [3.8, 4) is 0 Å². The Bertz CT molecular complexity index is 765. The zero-order valence-corrected chi connectivity index (χ0v) is 14.3. The smallest absolute Gasteiger partial charge is 0.416 e. The Morgan fingerprint density at radius 1 is 1.15 bits per heavy atom. The molecule has 2 heterocycles. The summed E-state index contributed by atoms with van der Waals surface area (Å²) in [6.07, 6.45) is -4.37. The molecule has 1 saturated heterocycles. The van der Waals surface area contributed by atoms with Crippen molar-refractivity contribution in [3.05, 3.63) is 53.5 Å². The SMILES string of the molecule is COCc1ccc(C(=O)N2CCN(c3cccc(C(F)(F)F)c3)CC2)o1. The predicted molar refractivity (Wildman–Crippen MR) is 89.0 cm³/mol. The number of anilines is 1. The second-order valence-electron chi connectivity index (χ2n) is 6.03. The Balaban J connectivity index is 1.63. The van der Waals surface area contributed by atoms with Gasteiger partial charge in [0.1, 0.15) is 12.4 Å². The topological polar surface area (TPSA) is 45.9 Å². The molecule has 1 aliphatic heterocycles. The maximum Gasteiger partial charge on any atom is 0.416 e. The van der Waals surface area contributed by atoms with Gasteiger partial charge in [-0.25, -0.2) is 0 Å². The molecule has 0 atom stereocenters. The van der Waals surface area contributed by atoms with E-state index in [9.17, 15) is 18.0 Å². The summed E-state index contributed by atoms with van der Waals surface area (Å²) < 4.78 is 49.0. The van der Waals surface area contributed by atoms with Gasteiger partial charge in [-0.1, -0.05) is 6.07 Å². The van der Waals surface area contributed by atoms with E-state index in [2.05, 4.69) is 0 Å². The van der Waals surface area contributed by atoms with Crippen LogP contribution in [0.15, 0.2) is 40.8 Å². The van der Waals surface area contributed by atoms with Gasteiger partial charge in [0.25, 0.3) is 5.91 Å². The molecule has 0 N–H and O–H groups in total. The quantitative estimate of drug-likeness (QED) is 0.830. The van der Waals surface area contributed by atoms with Gasteiger partial charge in [0, 0.05) is 39.0 Å². The van der Waals surface area contributed by atoms with Crippen molar-refractivity contribution in [3.63, 3.8) is 0 Å². The zero-order valence-electron chi connectivity index (χ0n) is 14.3. The van der Waals surface area contributed by atoms with Gasteiger partial charge < -0.3 is 19.0 Å². The number of carbonyl (C=O) groups excluding carboxylic acids is 1. The molecule has 8 heteroatoms. The monoisotopic (exact) mass is 368 g/mol. The molecular formula is C18H19F3N2O3. The summed E-state index contributed by atoms with van der Waals surface area (Å²) in [6.45, 7) is 2.03. The Hall–Kier alpha value is -2.48. The average Bonchev–Trinajstić information content (AvgIpc) is 3.10. The fourth-order valence-electron chi connectivity index (χ4n) is 2.92. The fraction of sp³-hybridized carbons (Fsp3) is 0.389. The molecule has 0 bridgehead atoms. The second kappa shape index (κ2) is 7.41. The first kappa shape index (κ1) is 18.3. The normalized spacial score (nSPS) is 15.4. The molecule has 3 rings (SSSR count). The molecule has 0 unspecified atom stereocenters. The molecule has 0 saturated carbocycles. The highest BCUT2D eigenvalue weighted by molar-refractivity contribution is 5.91. The van der Waals surface area contributed by atoms with Crippen molar-refractivity contribution < 1.29 is 27.1 Å². The number of benzene rings is 1. The van der Waals surface area contributed by atoms with Gasteiger partial charge in [0.05, 0.1) is 5.56 Å². The molecule has 1 amide bonds.